The average molecular weight is 311 g/mol. The largest absolute Gasteiger partial charge is 0.347 e. The molecule has 1 unspecified atom stereocenters. The number of nitrogens with one attached hydrogen (secondary N) is 1. The molecule has 120 valence electrons. The summed E-state index contributed by atoms with van der Waals surface area (Å²) in [7, 11) is 6.33. The maximum absolute atomic E-state index is 5.00. The third-order valence-electron chi connectivity index (χ3n) is 3.96. The second-order valence-corrected chi connectivity index (χ2v) is 7.74. The lowest BCUT2D eigenvalue weighted by molar-refractivity contribution is 0.408. The van der Waals surface area contributed by atoms with E-state index in [1.165, 1.54) is 35.0 Å². The maximum Gasteiger partial charge on any atom is 0.185 e. The van der Waals surface area contributed by atoms with Gasteiger partial charge < -0.3 is 15.1 Å². The molecule has 0 amide bonds. The summed E-state index contributed by atoms with van der Waals surface area (Å²) in [6.45, 7) is 7.79. The highest BCUT2D eigenvalue weighted by Crippen LogP contribution is 2.36. The Morgan fingerprint density at radius 2 is 2.10 bits per heavy atom. The minimum atomic E-state index is 0.452. The van der Waals surface area contributed by atoms with E-state index in [1.54, 1.807) is 0 Å². The fraction of sp³-hybridized carbons (Fsp3) is 0.812. The molecule has 21 heavy (non-hydrogen) atoms. The number of hydrogen-bond donors (Lipinski definition) is 1. The number of rotatable bonds is 7. The van der Waals surface area contributed by atoms with Gasteiger partial charge in [-0.3, -0.25) is 0 Å². The SMILES string of the molecule is CNC1CCCc2sc(N(CCN(C)C)CC(C)C)nc21. The standard InChI is InChI=1S/C16H30N4S/c1-12(2)11-20(10-9-19(4)5)16-18-15-13(17-3)7-6-8-14(15)21-16/h12-13,17H,6-11H2,1-5H3. The summed E-state index contributed by atoms with van der Waals surface area (Å²) in [5.74, 6) is 0.660. The first-order valence-electron chi connectivity index (χ1n) is 8.07. The van der Waals surface area contributed by atoms with Gasteiger partial charge in [-0.05, 0) is 46.3 Å². The quantitative estimate of drug-likeness (QED) is 0.839. The number of aromatic nitrogens is 1. The van der Waals surface area contributed by atoms with Crippen LogP contribution in [0.4, 0.5) is 5.13 Å². The normalized spacial score (nSPS) is 18.3. The number of fused-ring (bicyclic) bond motifs is 1. The van der Waals surface area contributed by atoms with Gasteiger partial charge in [-0.15, -0.1) is 11.3 Å². The van der Waals surface area contributed by atoms with Crippen LogP contribution in [0.2, 0.25) is 0 Å². The zero-order chi connectivity index (χ0) is 15.4. The van der Waals surface area contributed by atoms with Crippen LogP contribution in [0.25, 0.3) is 0 Å². The molecular formula is C16H30N4S. The Kier molecular flexibility index (Phi) is 6.02. The van der Waals surface area contributed by atoms with Gasteiger partial charge in [0.05, 0.1) is 11.7 Å². The van der Waals surface area contributed by atoms with E-state index in [4.69, 9.17) is 4.98 Å². The molecule has 5 heteroatoms. The average Bonchev–Trinajstić information content (AvgIpc) is 2.86. The van der Waals surface area contributed by atoms with Crippen molar-refractivity contribution >= 4 is 16.5 Å². The minimum Gasteiger partial charge on any atom is -0.347 e. The van der Waals surface area contributed by atoms with Crippen molar-refractivity contribution < 1.29 is 0 Å². The molecule has 0 fully saturated rings. The van der Waals surface area contributed by atoms with Gasteiger partial charge in [0.2, 0.25) is 0 Å². The number of hydrogen-bond acceptors (Lipinski definition) is 5. The van der Waals surface area contributed by atoms with E-state index in [0.717, 1.165) is 19.6 Å². The molecule has 0 radical (unpaired) electrons. The summed E-state index contributed by atoms with van der Waals surface area (Å²) in [5, 5.41) is 4.64. The molecular weight excluding hydrogens is 280 g/mol. The summed E-state index contributed by atoms with van der Waals surface area (Å²) in [6.07, 6.45) is 3.70. The topological polar surface area (TPSA) is 31.4 Å². The van der Waals surface area contributed by atoms with Crippen molar-refractivity contribution in [3.8, 4) is 0 Å². The van der Waals surface area contributed by atoms with Gasteiger partial charge in [-0.25, -0.2) is 4.98 Å². The molecule has 2 rings (SSSR count). The van der Waals surface area contributed by atoms with Gasteiger partial charge in [-0.2, -0.15) is 0 Å². The smallest absolute Gasteiger partial charge is 0.185 e. The molecule has 0 saturated carbocycles. The third kappa shape index (κ3) is 4.41. The highest BCUT2D eigenvalue weighted by molar-refractivity contribution is 7.15. The lowest BCUT2D eigenvalue weighted by Crippen LogP contribution is -2.34. The van der Waals surface area contributed by atoms with Gasteiger partial charge in [0.25, 0.3) is 0 Å². The Hall–Kier alpha value is -0.650. The maximum atomic E-state index is 5.00. The monoisotopic (exact) mass is 310 g/mol. The van der Waals surface area contributed by atoms with Crippen LogP contribution in [0.5, 0.6) is 0 Å². The number of anilines is 1. The van der Waals surface area contributed by atoms with E-state index < -0.39 is 0 Å². The molecule has 1 aliphatic rings. The molecule has 1 heterocycles. The Labute approximate surface area is 133 Å². The van der Waals surface area contributed by atoms with E-state index in [2.05, 4.69) is 50.1 Å². The summed E-state index contributed by atoms with van der Waals surface area (Å²) in [6, 6.07) is 0.452. The number of likely N-dealkylation sites (N-methyl/N-ethyl adjacent to an activating group) is 1. The van der Waals surface area contributed by atoms with Crippen LogP contribution in [-0.4, -0.2) is 50.7 Å². The minimum absolute atomic E-state index is 0.452. The van der Waals surface area contributed by atoms with Crippen molar-refractivity contribution in [2.75, 3.05) is 45.7 Å². The van der Waals surface area contributed by atoms with E-state index in [1.807, 2.05) is 11.3 Å². The molecule has 0 spiro atoms. The molecule has 1 N–H and O–H groups in total. The Morgan fingerprint density at radius 1 is 1.33 bits per heavy atom. The Bertz CT molecular complexity index is 441. The molecule has 1 aliphatic carbocycles. The molecule has 1 aromatic rings. The van der Waals surface area contributed by atoms with Crippen LogP contribution in [0.3, 0.4) is 0 Å². The summed E-state index contributed by atoms with van der Waals surface area (Å²) >= 11 is 1.91. The second kappa shape index (κ2) is 7.56. The molecule has 0 aliphatic heterocycles. The number of nitrogens with zero attached hydrogens (tertiary/aromatic N) is 3. The predicted molar refractivity (Wildman–Crippen MR) is 92.5 cm³/mol. The summed E-state index contributed by atoms with van der Waals surface area (Å²) < 4.78 is 0. The van der Waals surface area contributed by atoms with Crippen molar-refractivity contribution in [2.45, 2.75) is 39.2 Å². The zero-order valence-corrected chi connectivity index (χ0v) is 15.0. The van der Waals surface area contributed by atoms with Gasteiger partial charge >= 0.3 is 0 Å². The summed E-state index contributed by atoms with van der Waals surface area (Å²) in [4.78, 5) is 11.2. The van der Waals surface area contributed by atoms with E-state index >= 15 is 0 Å². The van der Waals surface area contributed by atoms with Crippen LogP contribution in [-0.2, 0) is 6.42 Å². The van der Waals surface area contributed by atoms with E-state index in [-0.39, 0.29) is 0 Å². The van der Waals surface area contributed by atoms with Crippen LogP contribution >= 0.6 is 11.3 Å². The van der Waals surface area contributed by atoms with Gasteiger partial charge in [-0.1, -0.05) is 13.8 Å². The van der Waals surface area contributed by atoms with Crippen LogP contribution < -0.4 is 10.2 Å². The highest BCUT2D eigenvalue weighted by atomic mass is 32.1. The lowest BCUT2D eigenvalue weighted by Gasteiger charge is -2.25. The van der Waals surface area contributed by atoms with Crippen molar-refractivity contribution in [3.63, 3.8) is 0 Å². The first-order chi connectivity index (χ1) is 10.0. The van der Waals surface area contributed by atoms with Crippen molar-refractivity contribution in [3.05, 3.63) is 10.6 Å². The first-order valence-corrected chi connectivity index (χ1v) is 8.89. The van der Waals surface area contributed by atoms with Crippen LogP contribution in [0.15, 0.2) is 0 Å². The summed E-state index contributed by atoms with van der Waals surface area (Å²) in [5.41, 5.74) is 1.31. The van der Waals surface area contributed by atoms with Crippen molar-refractivity contribution in [1.82, 2.24) is 15.2 Å². The number of aryl methyl sites for hydroxylation is 1. The molecule has 4 nitrogen and oxygen atoms in total. The fourth-order valence-electron chi connectivity index (χ4n) is 2.85. The molecule has 1 atom stereocenters. The van der Waals surface area contributed by atoms with Gasteiger partial charge in [0, 0.05) is 24.5 Å². The second-order valence-electron chi connectivity index (χ2n) is 6.68. The Balaban J connectivity index is 2.17. The van der Waals surface area contributed by atoms with Gasteiger partial charge in [0.15, 0.2) is 5.13 Å². The third-order valence-corrected chi connectivity index (χ3v) is 5.16. The predicted octanol–water partition coefficient (Wildman–Crippen LogP) is 2.76. The molecule has 0 saturated heterocycles. The van der Waals surface area contributed by atoms with Crippen molar-refractivity contribution in [2.24, 2.45) is 5.92 Å². The molecule has 1 aromatic heterocycles. The first kappa shape index (κ1) is 16.7. The molecule has 0 aromatic carbocycles. The van der Waals surface area contributed by atoms with Crippen LogP contribution in [0, 0.1) is 5.92 Å². The van der Waals surface area contributed by atoms with Gasteiger partial charge in [0.1, 0.15) is 0 Å². The zero-order valence-electron chi connectivity index (χ0n) is 14.1. The molecule has 0 bridgehead atoms. The van der Waals surface area contributed by atoms with Crippen LogP contribution in [0.1, 0.15) is 43.3 Å². The Morgan fingerprint density at radius 3 is 2.71 bits per heavy atom. The highest BCUT2D eigenvalue weighted by Gasteiger charge is 2.25. The lowest BCUT2D eigenvalue weighted by atomic mass is 9.98. The van der Waals surface area contributed by atoms with Crippen molar-refractivity contribution in [1.29, 1.82) is 0 Å². The fourth-order valence-corrected chi connectivity index (χ4v) is 4.05. The van der Waals surface area contributed by atoms with E-state index in [9.17, 15) is 0 Å². The van der Waals surface area contributed by atoms with E-state index in [0.29, 0.717) is 12.0 Å². The number of thiazole rings is 1.